The van der Waals surface area contributed by atoms with E-state index in [9.17, 15) is 0 Å². The number of aliphatic hydroxyl groups excluding tert-OH is 1. The lowest BCUT2D eigenvalue weighted by atomic mass is 10.1. The van der Waals surface area contributed by atoms with E-state index in [1.807, 2.05) is 22.9 Å². The highest BCUT2D eigenvalue weighted by molar-refractivity contribution is 5.29. The van der Waals surface area contributed by atoms with Gasteiger partial charge < -0.3 is 9.84 Å². The number of rotatable bonds is 5. The molecule has 0 radical (unpaired) electrons. The molecule has 6 nitrogen and oxygen atoms in total. The molecule has 1 aliphatic heterocycles. The van der Waals surface area contributed by atoms with Gasteiger partial charge in [0.05, 0.1) is 25.0 Å². The zero-order valence-electron chi connectivity index (χ0n) is 11.5. The third-order valence-electron chi connectivity index (χ3n) is 3.65. The van der Waals surface area contributed by atoms with Crippen LogP contribution in [0, 0.1) is 0 Å². The summed E-state index contributed by atoms with van der Waals surface area (Å²) in [4.78, 5) is 11.1. The Morgan fingerprint density at radius 1 is 1.35 bits per heavy atom. The lowest BCUT2D eigenvalue weighted by Gasteiger charge is -2.31. The molecule has 0 atom stereocenters. The average Bonchev–Trinajstić information content (AvgIpc) is 2.89. The maximum Gasteiger partial charge on any atom is 0.233 e. The molecule has 2 aromatic rings. The van der Waals surface area contributed by atoms with Crippen LogP contribution in [0.25, 0.3) is 5.78 Å². The largest absolute Gasteiger partial charge is 0.394 e. The average molecular weight is 276 g/mol. The zero-order chi connectivity index (χ0) is 13.8. The molecule has 2 aromatic heterocycles. The standard InChI is InChI=1S/C14H20N4O2/c19-8-9-20-13-2-6-17(7-3-13)10-12-11-18-5-1-4-15-14(18)16-12/h1,4-5,11,13,19H,2-3,6-10H2. The summed E-state index contributed by atoms with van der Waals surface area (Å²) in [5, 5.41) is 8.76. The third-order valence-corrected chi connectivity index (χ3v) is 3.65. The first-order chi connectivity index (χ1) is 9.85. The van der Waals surface area contributed by atoms with Gasteiger partial charge in [-0.05, 0) is 18.9 Å². The fourth-order valence-corrected chi connectivity index (χ4v) is 2.64. The lowest BCUT2D eigenvalue weighted by molar-refractivity contribution is -0.00917. The number of aliphatic hydroxyl groups is 1. The molecule has 20 heavy (non-hydrogen) atoms. The van der Waals surface area contributed by atoms with Crippen molar-refractivity contribution in [1.82, 2.24) is 19.3 Å². The molecule has 1 saturated heterocycles. The number of piperidine rings is 1. The molecule has 0 spiro atoms. The van der Waals surface area contributed by atoms with Gasteiger partial charge >= 0.3 is 0 Å². The summed E-state index contributed by atoms with van der Waals surface area (Å²) in [7, 11) is 0. The van der Waals surface area contributed by atoms with E-state index in [-0.39, 0.29) is 6.61 Å². The van der Waals surface area contributed by atoms with Crippen LogP contribution in [-0.2, 0) is 11.3 Å². The van der Waals surface area contributed by atoms with Crippen molar-refractivity contribution in [3.8, 4) is 0 Å². The van der Waals surface area contributed by atoms with E-state index >= 15 is 0 Å². The van der Waals surface area contributed by atoms with Crippen molar-refractivity contribution in [2.24, 2.45) is 0 Å². The Bertz CT molecular complexity index is 516. The van der Waals surface area contributed by atoms with E-state index in [2.05, 4.69) is 14.9 Å². The Labute approximate surface area is 118 Å². The van der Waals surface area contributed by atoms with Crippen LogP contribution in [-0.4, -0.2) is 56.8 Å². The molecule has 108 valence electrons. The lowest BCUT2D eigenvalue weighted by Crippen LogP contribution is -2.37. The second-order valence-corrected chi connectivity index (χ2v) is 5.13. The summed E-state index contributed by atoms with van der Waals surface area (Å²) in [5.74, 6) is 0.753. The van der Waals surface area contributed by atoms with Crippen molar-refractivity contribution in [3.63, 3.8) is 0 Å². The number of hydrogen-bond acceptors (Lipinski definition) is 5. The van der Waals surface area contributed by atoms with Gasteiger partial charge in [0, 0.05) is 38.2 Å². The van der Waals surface area contributed by atoms with Gasteiger partial charge in [-0.2, -0.15) is 0 Å². The van der Waals surface area contributed by atoms with Crippen LogP contribution in [0.4, 0.5) is 0 Å². The van der Waals surface area contributed by atoms with Gasteiger partial charge in [0.2, 0.25) is 5.78 Å². The smallest absolute Gasteiger partial charge is 0.233 e. The number of nitrogens with zero attached hydrogens (tertiary/aromatic N) is 4. The highest BCUT2D eigenvalue weighted by Crippen LogP contribution is 2.16. The van der Waals surface area contributed by atoms with Crippen LogP contribution in [0.1, 0.15) is 18.5 Å². The molecule has 0 unspecified atom stereocenters. The molecule has 0 amide bonds. The molecular weight excluding hydrogens is 256 g/mol. The predicted octanol–water partition coefficient (Wildman–Crippen LogP) is 0.703. The minimum atomic E-state index is 0.106. The van der Waals surface area contributed by atoms with Crippen LogP contribution in [0.15, 0.2) is 24.7 Å². The summed E-state index contributed by atoms with van der Waals surface area (Å²) in [6.45, 7) is 3.43. The summed E-state index contributed by atoms with van der Waals surface area (Å²) in [5.41, 5.74) is 1.05. The molecule has 6 heteroatoms. The maximum absolute atomic E-state index is 8.76. The first-order valence-corrected chi connectivity index (χ1v) is 7.08. The minimum Gasteiger partial charge on any atom is -0.394 e. The molecule has 1 aliphatic rings. The second kappa shape index (κ2) is 6.30. The first-order valence-electron chi connectivity index (χ1n) is 7.08. The van der Waals surface area contributed by atoms with Crippen LogP contribution in [0.3, 0.4) is 0 Å². The van der Waals surface area contributed by atoms with Gasteiger partial charge in [0.25, 0.3) is 0 Å². The van der Waals surface area contributed by atoms with Crippen LogP contribution < -0.4 is 0 Å². The van der Waals surface area contributed by atoms with E-state index in [1.54, 1.807) is 6.20 Å². The Morgan fingerprint density at radius 3 is 2.95 bits per heavy atom. The summed E-state index contributed by atoms with van der Waals surface area (Å²) in [6.07, 6.45) is 8.10. The maximum atomic E-state index is 8.76. The molecular formula is C14H20N4O2. The van der Waals surface area contributed by atoms with Crippen LogP contribution >= 0.6 is 0 Å². The van der Waals surface area contributed by atoms with Crippen LogP contribution in [0.2, 0.25) is 0 Å². The Balaban J connectivity index is 1.54. The highest BCUT2D eigenvalue weighted by atomic mass is 16.5. The topological polar surface area (TPSA) is 62.9 Å². The van der Waals surface area contributed by atoms with Crippen molar-refractivity contribution in [3.05, 3.63) is 30.4 Å². The van der Waals surface area contributed by atoms with Gasteiger partial charge in [-0.25, -0.2) is 9.97 Å². The second-order valence-electron chi connectivity index (χ2n) is 5.13. The quantitative estimate of drug-likeness (QED) is 0.871. The van der Waals surface area contributed by atoms with E-state index < -0.39 is 0 Å². The van der Waals surface area contributed by atoms with Crippen molar-refractivity contribution < 1.29 is 9.84 Å². The van der Waals surface area contributed by atoms with E-state index in [0.29, 0.717) is 12.7 Å². The fourth-order valence-electron chi connectivity index (χ4n) is 2.64. The zero-order valence-corrected chi connectivity index (χ0v) is 11.5. The third kappa shape index (κ3) is 3.15. The number of hydrogen-bond donors (Lipinski definition) is 1. The number of likely N-dealkylation sites (tertiary alicyclic amines) is 1. The van der Waals surface area contributed by atoms with Crippen molar-refractivity contribution in [2.75, 3.05) is 26.3 Å². The Kier molecular flexibility index (Phi) is 4.25. The van der Waals surface area contributed by atoms with E-state index in [1.165, 1.54) is 0 Å². The molecule has 1 fully saturated rings. The predicted molar refractivity (Wildman–Crippen MR) is 74.3 cm³/mol. The number of fused-ring (bicyclic) bond motifs is 1. The molecule has 0 aliphatic carbocycles. The van der Waals surface area contributed by atoms with Gasteiger partial charge in [-0.3, -0.25) is 9.30 Å². The van der Waals surface area contributed by atoms with Crippen molar-refractivity contribution in [1.29, 1.82) is 0 Å². The number of imidazole rings is 1. The van der Waals surface area contributed by atoms with Crippen LogP contribution in [0.5, 0.6) is 0 Å². The van der Waals surface area contributed by atoms with Gasteiger partial charge in [-0.1, -0.05) is 0 Å². The normalized spacial score (nSPS) is 17.9. The van der Waals surface area contributed by atoms with Gasteiger partial charge in [0.15, 0.2) is 0 Å². The minimum absolute atomic E-state index is 0.106. The van der Waals surface area contributed by atoms with Gasteiger partial charge in [-0.15, -0.1) is 0 Å². The van der Waals surface area contributed by atoms with E-state index in [4.69, 9.17) is 9.84 Å². The van der Waals surface area contributed by atoms with Crippen molar-refractivity contribution in [2.45, 2.75) is 25.5 Å². The number of aromatic nitrogens is 3. The molecule has 0 aromatic carbocycles. The Hall–Kier alpha value is -1.50. The highest BCUT2D eigenvalue weighted by Gasteiger charge is 2.20. The van der Waals surface area contributed by atoms with E-state index in [0.717, 1.165) is 43.9 Å². The SMILES string of the molecule is OCCOC1CCN(Cc2cn3cccnc3n2)CC1. The molecule has 0 saturated carbocycles. The Morgan fingerprint density at radius 2 is 2.20 bits per heavy atom. The summed E-state index contributed by atoms with van der Waals surface area (Å²) in [6, 6.07) is 1.91. The summed E-state index contributed by atoms with van der Waals surface area (Å²) < 4.78 is 7.52. The van der Waals surface area contributed by atoms with Gasteiger partial charge in [0.1, 0.15) is 0 Å². The molecule has 3 heterocycles. The first kappa shape index (κ1) is 13.5. The number of ether oxygens (including phenoxy) is 1. The monoisotopic (exact) mass is 276 g/mol. The molecule has 0 bridgehead atoms. The fraction of sp³-hybridized carbons (Fsp3) is 0.571. The summed E-state index contributed by atoms with van der Waals surface area (Å²) >= 11 is 0. The molecule has 1 N–H and O–H groups in total. The van der Waals surface area contributed by atoms with Crippen molar-refractivity contribution >= 4 is 5.78 Å². The molecule has 3 rings (SSSR count).